The summed E-state index contributed by atoms with van der Waals surface area (Å²) in [5, 5.41) is 9.76. The van der Waals surface area contributed by atoms with Crippen LogP contribution in [-0.2, 0) is 10.0 Å². The Labute approximate surface area is 147 Å². The van der Waals surface area contributed by atoms with E-state index in [1.807, 2.05) is 6.92 Å². The number of unbranched alkanes of at least 4 members (excludes halogenated alkanes) is 1. The van der Waals surface area contributed by atoms with Gasteiger partial charge in [-0.2, -0.15) is 4.31 Å². The van der Waals surface area contributed by atoms with Crippen LogP contribution in [0.5, 0.6) is 0 Å². The van der Waals surface area contributed by atoms with Gasteiger partial charge in [-0.05, 0) is 30.7 Å². The van der Waals surface area contributed by atoms with E-state index in [0.717, 1.165) is 12.8 Å². The van der Waals surface area contributed by atoms with Crippen LogP contribution in [0.25, 0.3) is 0 Å². The van der Waals surface area contributed by atoms with Crippen molar-refractivity contribution in [3.63, 3.8) is 0 Å². The standard InChI is InChI=1S/C16H22N4O4S/c1-4-6-11-20(5-2)25(22,23)14-9-7-13(8-10-14)15(21)17-16-19-18-12(3)24-16/h7-10H,4-6,11H2,1-3H3,(H,17,19,21). The van der Waals surface area contributed by atoms with Crippen LogP contribution >= 0.6 is 0 Å². The fraction of sp³-hybridized carbons (Fsp3) is 0.438. The average Bonchev–Trinajstić information content (AvgIpc) is 3.00. The molecule has 0 fully saturated rings. The highest BCUT2D eigenvalue weighted by Crippen LogP contribution is 2.17. The van der Waals surface area contributed by atoms with Crippen molar-refractivity contribution in [2.45, 2.75) is 38.5 Å². The maximum absolute atomic E-state index is 12.6. The first-order valence-electron chi connectivity index (χ1n) is 8.10. The summed E-state index contributed by atoms with van der Waals surface area (Å²) in [5.41, 5.74) is 0.298. The molecule has 0 bridgehead atoms. The fourth-order valence-electron chi connectivity index (χ4n) is 2.23. The smallest absolute Gasteiger partial charge is 0.322 e. The summed E-state index contributed by atoms with van der Waals surface area (Å²) in [4.78, 5) is 12.3. The summed E-state index contributed by atoms with van der Waals surface area (Å²) in [6.07, 6.45) is 1.72. The second-order valence-corrected chi connectivity index (χ2v) is 7.39. The van der Waals surface area contributed by atoms with Crippen molar-refractivity contribution in [1.29, 1.82) is 0 Å². The van der Waals surface area contributed by atoms with Crippen molar-refractivity contribution in [2.24, 2.45) is 0 Å². The molecule has 0 radical (unpaired) electrons. The molecule has 0 aliphatic rings. The van der Waals surface area contributed by atoms with E-state index in [4.69, 9.17) is 4.42 Å². The molecule has 0 atom stereocenters. The molecule has 0 saturated heterocycles. The summed E-state index contributed by atoms with van der Waals surface area (Å²) in [6, 6.07) is 5.77. The molecule has 0 unspecified atom stereocenters. The van der Waals surface area contributed by atoms with E-state index >= 15 is 0 Å². The monoisotopic (exact) mass is 366 g/mol. The van der Waals surface area contributed by atoms with Crippen molar-refractivity contribution >= 4 is 21.9 Å². The third-order valence-electron chi connectivity index (χ3n) is 3.61. The SMILES string of the molecule is CCCCN(CC)S(=O)(=O)c1ccc(C(=O)Nc2nnc(C)o2)cc1. The minimum Gasteiger partial charge on any atom is -0.408 e. The third kappa shape index (κ3) is 4.64. The van der Waals surface area contributed by atoms with Crippen molar-refractivity contribution in [1.82, 2.24) is 14.5 Å². The number of rotatable bonds is 8. The average molecular weight is 366 g/mol. The van der Waals surface area contributed by atoms with Crippen LogP contribution in [0.2, 0.25) is 0 Å². The number of hydrogen-bond donors (Lipinski definition) is 1. The number of amides is 1. The molecule has 9 heteroatoms. The summed E-state index contributed by atoms with van der Waals surface area (Å²) in [6.45, 7) is 6.32. The molecule has 1 aromatic heterocycles. The van der Waals surface area contributed by atoms with Crippen LogP contribution in [0.4, 0.5) is 6.01 Å². The molecule has 2 aromatic rings. The molecule has 0 aliphatic carbocycles. The van der Waals surface area contributed by atoms with Crippen molar-refractivity contribution in [3.05, 3.63) is 35.7 Å². The molecule has 1 aromatic carbocycles. The number of sulfonamides is 1. The lowest BCUT2D eigenvalue weighted by Gasteiger charge is -2.20. The van der Waals surface area contributed by atoms with Gasteiger partial charge in [-0.3, -0.25) is 10.1 Å². The quantitative estimate of drug-likeness (QED) is 0.769. The fourth-order valence-corrected chi connectivity index (χ4v) is 3.71. The number of aryl methyl sites for hydroxylation is 1. The maximum Gasteiger partial charge on any atom is 0.322 e. The lowest BCUT2D eigenvalue weighted by molar-refractivity contribution is 0.102. The van der Waals surface area contributed by atoms with Crippen molar-refractivity contribution < 1.29 is 17.6 Å². The molecular formula is C16H22N4O4S. The Morgan fingerprint density at radius 1 is 1.20 bits per heavy atom. The van der Waals surface area contributed by atoms with E-state index in [9.17, 15) is 13.2 Å². The summed E-state index contributed by atoms with van der Waals surface area (Å²) < 4.78 is 31.8. The summed E-state index contributed by atoms with van der Waals surface area (Å²) >= 11 is 0. The summed E-state index contributed by atoms with van der Waals surface area (Å²) in [5.74, 6) is -0.116. The Kier molecular flexibility index (Phi) is 6.27. The molecule has 1 heterocycles. The number of aromatic nitrogens is 2. The predicted molar refractivity (Wildman–Crippen MR) is 92.8 cm³/mol. The van der Waals surface area contributed by atoms with Crippen LogP contribution in [-0.4, -0.2) is 41.9 Å². The molecule has 0 saturated carbocycles. The number of benzene rings is 1. The molecule has 1 amide bonds. The zero-order valence-corrected chi connectivity index (χ0v) is 15.3. The lowest BCUT2D eigenvalue weighted by atomic mass is 10.2. The van der Waals surface area contributed by atoms with E-state index in [1.54, 1.807) is 13.8 Å². The van der Waals surface area contributed by atoms with Crippen LogP contribution < -0.4 is 5.32 Å². The predicted octanol–water partition coefficient (Wildman–Crippen LogP) is 2.44. The van der Waals surface area contributed by atoms with Gasteiger partial charge in [0.15, 0.2) is 0 Å². The molecule has 8 nitrogen and oxygen atoms in total. The highest BCUT2D eigenvalue weighted by molar-refractivity contribution is 7.89. The highest BCUT2D eigenvalue weighted by Gasteiger charge is 2.22. The number of carbonyl (C=O) groups is 1. The van der Waals surface area contributed by atoms with Gasteiger partial charge in [0, 0.05) is 25.6 Å². The molecule has 0 aliphatic heterocycles. The number of hydrogen-bond acceptors (Lipinski definition) is 6. The third-order valence-corrected chi connectivity index (χ3v) is 5.60. The first-order valence-corrected chi connectivity index (χ1v) is 9.54. The second kappa shape index (κ2) is 8.21. The minimum atomic E-state index is -3.56. The maximum atomic E-state index is 12.6. The van der Waals surface area contributed by atoms with Gasteiger partial charge in [0.2, 0.25) is 15.9 Å². The number of carbonyl (C=O) groups excluding carboxylic acids is 1. The lowest BCUT2D eigenvalue weighted by Crippen LogP contribution is -2.31. The number of nitrogens with zero attached hydrogens (tertiary/aromatic N) is 3. The molecular weight excluding hydrogens is 344 g/mol. The van der Waals surface area contributed by atoms with Gasteiger partial charge in [0.25, 0.3) is 5.91 Å². The van der Waals surface area contributed by atoms with Gasteiger partial charge in [0.1, 0.15) is 0 Å². The minimum absolute atomic E-state index is 0.00378. The van der Waals surface area contributed by atoms with Gasteiger partial charge >= 0.3 is 6.01 Å². The molecule has 136 valence electrons. The van der Waals surface area contributed by atoms with Gasteiger partial charge < -0.3 is 4.42 Å². The molecule has 25 heavy (non-hydrogen) atoms. The Morgan fingerprint density at radius 2 is 1.88 bits per heavy atom. The topological polar surface area (TPSA) is 105 Å². The van der Waals surface area contributed by atoms with Gasteiger partial charge in [-0.15, -0.1) is 5.10 Å². The van der Waals surface area contributed by atoms with E-state index in [2.05, 4.69) is 15.5 Å². The largest absolute Gasteiger partial charge is 0.408 e. The second-order valence-electron chi connectivity index (χ2n) is 5.45. The van der Waals surface area contributed by atoms with Crippen LogP contribution in [0.3, 0.4) is 0 Å². The van der Waals surface area contributed by atoms with Crippen molar-refractivity contribution in [3.8, 4) is 0 Å². The zero-order chi connectivity index (χ0) is 18.4. The highest BCUT2D eigenvalue weighted by atomic mass is 32.2. The number of nitrogens with one attached hydrogen (secondary N) is 1. The van der Waals surface area contributed by atoms with Gasteiger partial charge in [0.05, 0.1) is 4.90 Å². The van der Waals surface area contributed by atoms with Gasteiger partial charge in [-0.1, -0.05) is 25.4 Å². The van der Waals surface area contributed by atoms with E-state index in [0.29, 0.717) is 24.5 Å². The summed E-state index contributed by atoms with van der Waals surface area (Å²) in [7, 11) is -3.56. The first-order chi connectivity index (χ1) is 11.9. The molecule has 0 spiro atoms. The van der Waals surface area contributed by atoms with E-state index < -0.39 is 15.9 Å². The zero-order valence-electron chi connectivity index (χ0n) is 14.5. The van der Waals surface area contributed by atoms with Crippen molar-refractivity contribution in [2.75, 3.05) is 18.4 Å². The van der Waals surface area contributed by atoms with Crippen LogP contribution in [0, 0.1) is 6.92 Å². The van der Waals surface area contributed by atoms with Crippen LogP contribution in [0.15, 0.2) is 33.6 Å². The van der Waals surface area contributed by atoms with Gasteiger partial charge in [-0.25, -0.2) is 8.42 Å². The Balaban J connectivity index is 2.13. The molecule has 2 rings (SSSR count). The first kappa shape index (κ1) is 19.1. The Morgan fingerprint density at radius 3 is 2.40 bits per heavy atom. The Hall–Kier alpha value is -2.26. The number of anilines is 1. The van der Waals surface area contributed by atoms with E-state index in [1.165, 1.54) is 28.6 Å². The molecule has 1 N–H and O–H groups in total. The van der Waals surface area contributed by atoms with E-state index in [-0.39, 0.29) is 10.9 Å². The Bertz CT molecular complexity index is 815. The normalized spacial score (nSPS) is 11.7. The van der Waals surface area contributed by atoms with Crippen LogP contribution in [0.1, 0.15) is 42.9 Å².